The van der Waals surface area contributed by atoms with Crippen molar-refractivity contribution in [3.05, 3.63) is 12.7 Å². The van der Waals surface area contributed by atoms with Crippen molar-refractivity contribution < 1.29 is 14.7 Å². The van der Waals surface area contributed by atoms with Gasteiger partial charge in [0.15, 0.2) is 0 Å². The van der Waals surface area contributed by atoms with Crippen LogP contribution >= 0.6 is 0 Å². The summed E-state index contributed by atoms with van der Waals surface area (Å²) in [5.74, 6) is -1.46. The number of carbonyl (C=O) groups is 2. The largest absolute Gasteiger partial charge is 0.481 e. The van der Waals surface area contributed by atoms with Crippen LogP contribution in [0.4, 0.5) is 4.79 Å². The van der Waals surface area contributed by atoms with E-state index in [0.29, 0.717) is 13.0 Å². The minimum Gasteiger partial charge on any atom is -0.481 e. The van der Waals surface area contributed by atoms with E-state index in [0.717, 1.165) is 0 Å². The molecule has 0 fully saturated rings. The van der Waals surface area contributed by atoms with Crippen LogP contribution in [0.1, 0.15) is 13.3 Å². The molecular weight excluding hydrogens is 196 g/mol. The van der Waals surface area contributed by atoms with Crippen LogP contribution in [0.2, 0.25) is 0 Å². The van der Waals surface area contributed by atoms with Gasteiger partial charge in [-0.15, -0.1) is 6.58 Å². The number of urea groups is 1. The molecule has 5 nitrogen and oxygen atoms in total. The number of carboxylic acids is 1. The average molecular weight is 214 g/mol. The lowest BCUT2D eigenvalue weighted by atomic mass is 10.2. The lowest BCUT2D eigenvalue weighted by molar-refractivity contribution is -0.141. The van der Waals surface area contributed by atoms with Crippen molar-refractivity contribution in [2.24, 2.45) is 5.92 Å². The maximum absolute atomic E-state index is 11.4. The molecule has 0 saturated heterocycles. The first-order chi connectivity index (χ1) is 6.99. The zero-order chi connectivity index (χ0) is 11.8. The van der Waals surface area contributed by atoms with Gasteiger partial charge in [-0.05, 0) is 6.42 Å². The van der Waals surface area contributed by atoms with Crippen LogP contribution in [0.25, 0.3) is 0 Å². The van der Waals surface area contributed by atoms with Crippen molar-refractivity contribution in [2.75, 3.05) is 20.1 Å². The van der Waals surface area contributed by atoms with Gasteiger partial charge in [-0.1, -0.05) is 13.0 Å². The Morgan fingerprint density at radius 3 is 2.67 bits per heavy atom. The van der Waals surface area contributed by atoms with Crippen LogP contribution in [0, 0.1) is 5.92 Å². The summed E-state index contributed by atoms with van der Waals surface area (Å²) in [5, 5.41) is 11.3. The van der Waals surface area contributed by atoms with Crippen molar-refractivity contribution >= 4 is 12.0 Å². The molecule has 0 aliphatic carbocycles. The molecule has 0 rings (SSSR count). The van der Waals surface area contributed by atoms with Crippen molar-refractivity contribution in [3.63, 3.8) is 0 Å². The predicted molar refractivity (Wildman–Crippen MR) is 57.6 cm³/mol. The second-order valence-electron chi connectivity index (χ2n) is 3.43. The van der Waals surface area contributed by atoms with E-state index >= 15 is 0 Å². The molecule has 0 aliphatic rings. The number of carbonyl (C=O) groups excluding carboxylic acids is 1. The molecular formula is C10H18N2O3. The minimum atomic E-state index is -0.902. The molecule has 0 aromatic heterocycles. The first-order valence-corrected chi connectivity index (χ1v) is 4.81. The fraction of sp³-hybridized carbons (Fsp3) is 0.600. The van der Waals surface area contributed by atoms with Gasteiger partial charge in [-0.25, -0.2) is 4.79 Å². The molecule has 2 amide bonds. The second-order valence-corrected chi connectivity index (χ2v) is 3.43. The zero-order valence-electron chi connectivity index (χ0n) is 9.19. The molecule has 86 valence electrons. The Morgan fingerprint density at radius 1 is 1.60 bits per heavy atom. The van der Waals surface area contributed by atoms with Gasteiger partial charge in [0.1, 0.15) is 0 Å². The summed E-state index contributed by atoms with van der Waals surface area (Å²) in [7, 11) is 1.57. The zero-order valence-corrected chi connectivity index (χ0v) is 9.19. The van der Waals surface area contributed by atoms with Crippen molar-refractivity contribution in [1.29, 1.82) is 0 Å². The van der Waals surface area contributed by atoms with Gasteiger partial charge < -0.3 is 15.3 Å². The van der Waals surface area contributed by atoms with Crippen LogP contribution < -0.4 is 5.32 Å². The molecule has 0 radical (unpaired) electrons. The lowest BCUT2D eigenvalue weighted by Crippen LogP contribution is -2.41. The number of rotatable bonds is 6. The molecule has 0 aromatic rings. The Kier molecular flexibility index (Phi) is 6.17. The van der Waals surface area contributed by atoms with E-state index in [-0.39, 0.29) is 12.6 Å². The number of hydrogen-bond donors (Lipinski definition) is 2. The number of hydrogen-bond acceptors (Lipinski definition) is 2. The van der Waals surface area contributed by atoms with E-state index in [9.17, 15) is 9.59 Å². The molecule has 5 heteroatoms. The third kappa shape index (κ3) is 5.72. The van der Waals surface area contributed by atoms with E-state index in [4.69, 9.17) is 5.11 Å². The molecule has 0 aromatic carbocycles. The van der Waals surface area contributed by atoms with Crippen LogP contribution in [0.3, 0.4) is 0 Å². The molecule has 0 saturated carbocycles. The van der Waals surface area contributed by atoms with E-state index in [1.54, 1.807) is 20.0 Å². The third-order valence-corrected chi connectivity index (χ3v) is 1.94. The van der Waals surface area contributed by atoms with Gasteiger partial charge in [-0.3, -0.25) is 4.79 Å². The van der Waals surface area contributed by atoms with Crippen molar-refractivity contribution in [1.82, 2.24) is 10.2 Å². The summed E-state index contributed by atoms with van der Waals surface area (Å²) in [6.07, 6.45) is 2.41. The first kappa shape index (κ1) is 13.5. The SMILES string of the molecule is C=CCCNC(=O)N(C)CC(C)C(=O)O. The van der Waals surface area contributed by atoms with Crippen molar-refractivity contribution in [3.8, 4) is 0 Å². The number of aliphatic carboxylic acids is 1. The maximum Gasteiger partial charge on any atom is 0.317 e. The van der Waals surface area contributed by atoms with Crippen LogP contribution in [0.5, 0.6) is 0 Å². The Morgan fingerprint density at radius 2 is 2.20 bits per heavy atom. The van der Waals surface area contributed by atoms with Gasteiger partial charge in [-0.2, -0.15) is 0 Å². The quantitative estimate of drug-likeness (QED) is 0.510. The highest BCUT2D eigenvalue weighted by molar-refractivity contribution is 5.75. The summed E-state index contributed by atoms with van der Waals surface area (Å²) in [5.41, 5.74) is 0. The molecule has 0 bridgehead atoms. The summed E-state index contributed by atoms with van der Waals surface area (Å²) in [6.45, 7) is 5.82. The normalized spacial score (nSPS) is 11.6. The van der Waals surface area contributed by atoms with Gasteiger partial charge in [0.2, 0.25) is 0 Å². The average Bonchev–Trinajstić information content (AvgIpc) is 2.17. The highest BCUT2D eigenvalue weighted by Gasteiger charge is 2.16. The molecule has 0 spiro atoms. The molecule has 0 heterocycles. The van der Waals surface area contributed by atoms with Crippen LogP contribution in [-0.4, -0.2) is 42.1 Å². The topological polar surface area (TPSA) is 69.6 Å². The Bertz CT molecular complexity index is 241. The third-order valence-electron chi connectivity index (χ3n) is 1.94. The minimum absolute atomic E-state index is 0.204. The standard InChI is InChI=1S/C10H18N2O3/c1-4-5-6-11-10(15)12(3)7-8(2)9(13)14/h4,8H,1,5-7H2,2-3H3,(H,11,15)(H,13,14). The summed E-state index contributed by atoms with van der Waals surface area (Å²) >= 11 is 0. The number of nitrogens with one attached hydrogen (secondary N) is 1. The highest BCUT2D eigenvalue weighted by Crippen LogP contribution is 1.98. The number of amides is 2. The second kappa shape index (κ2) is 6.86. The Hall–Kier alpha value is -1.52. The fourth-order valence-electron chi connectivity index (χ4n) is 0.988. The summed E-state index contributed by atoms with van der Waals surface area (Å²) in [6, 6.07) is -0.259. The summed E-state index contributed by atoms with van der Waals surface area (Å²) < 4.78 is 0. The maximum atomic E-state index is 11.4. The molecule has 2 N–H and O–H groups in total. The molecule has 15 heavy (non-hydrogen) atoms. The van der Waals surface area contributed by atoms with Crippen LogP contribution in [0.15, 0.2) is 12.7 Å². The van der Waals surface area contributed by atoms with Gasteiger partial charge in [0.05, 0.1) is 5.92 Å². The van der Waals surface area contributed by atoms with E-state index in [1.165, 1.54) is 4.90 Å². The highest BCUT2D eigenvalue weighted by atomic mass is 16.4. The van der Waals surface area contributed by atoms with Crippen molar-refractivity contribution in [2.45, 2.75) is 13.3 Å². The first-order valence-electron chi connectivity index (χ1n) is 4.81. The van der Waals surface area contributed by atoms with Gasteiger partial charge >= 0.3 is 12.0 Å². The fourth-order valence-corrected chi connectivity index (χ4v) is 0.988. The van der Waals surface area contributed by atoms with Gasteiger partial charge in [0, 0.05) is 20.1 Å². The van der Waals surface area contributed by atoms with Gasteiger partial charge in [0.25, 0.3) is 0 Å². The monoisotopic (exact) mass is 214 g/mol. The Balaban J connectivity index is 3.87. The number of nitrogens with zero attached hydrogens (tertiary/aromatic N) is 1. The molecule has 1 atom stereocenters. The summed E-state index contributed by atoms with van der Waals surface area (Å²) in [4.78, 5) is 23.3. The van der Waals surface area contributed by atoms with E-state index in [1.807, 2.05) is 0 Å². The Labute approximate surface area is 89.8 Å². The lowest BCUT2D eigenvalue weighted by Gasteiger charge is -2.19. The number of carboxylic acid groups (broad SMARTS) is 1. The van der Waals surface area contributed by atoms with Crippen LogP contribution in [-0.2, 0) is 4.79 Å². The van der Waals surface area contributed by atoms with E-state index in [2.05, 4.69) is 11.9 Å². The molecule has 0 aliphatic heterocycles. The smallest absolute Gasteiger partial charge is 0.317 e. The predicted octanol–water partition coefficient (Wildman–Crippen LogP) is 0.925. The van der Waals surface area contributed by atoms with E-state index < -0.39 is 11.9 Å². The molecule has 1 unspecified atom stereocenters.